The van der Waals surface area contributed by atoms with Crippen LogP contribution in [0.3, 0.4) is 0 Å². The molecule has 3 heteroatoms. The monoisotopic (exact) mass is 378 g/mol. The van der Waals surface area contributed by atoms with Crippen molar-refractivity contribution in [1.29, 1.82) is 0 Å². The van der Waals surface area contributed by atoms with E-state index in [4.69, 9.17) is 0 Å². The molecule has 0 aliphatic heterocycles. The molecule has 0 bridgehead atoms. The highest BCUT2D eigenvalue weighted by Crippen LogP contribution is 2.68. The molecule has 4 aliphatic carbocycles. The Bertz CT molecular complexity index is 550. The predicted octanol–water partition coefficient (Wildman–Crippen LogP) is 4.38. The average molecular weight is 379 g/mol. The lowest BCUT2D eigenvalue weighted by Crippen LogP contribution is -2.62. The second-order valence-corrected chi connectivity index (χ2v) is 11.3. The van der Waals surface area contributed by atoms with Gasteiger partial charge in [-0.1, -0.05) is 40.5 Å². The highest BCUT2D eigenvalue weighted by atomic mass is 16.3. The summed E-state index contributed by atoms with van der Waals surface area (Å²) in [5.74, 6) is 2.86. The minimum Gasteiger partial charge on any atom is -0.393 e. The van der Waals surface area contributed by atoms with Crippen LogP contribution in [0.25, 0.3) is 0 Å². The van der Waals surface area contributed by atoms with Crippen LogP contribution in [-0.4, -0.2) is 33.6 Å². The van der Waals surface area contributed by atoms with Gasteiger partial charge in [0.05, 0.1) is 18.3 Å². The molecule has 4 saturated carbocycles. The number of hydrogen-bond donors (Lipinski definition) is 3. The summed E-state index contributed by atoms with van der Waals surface area (Å²) in [7, 11) is 0. The van der Waals surface area contributed by atoms with Gasteiger partial charge in [0.15, 0.2) is 0 Å². The van der Waals surface area contributed by atoms with Gasteiger partial charge in [-0.3, -0.25) is 0 Å². The molecule has 0 radical (unpaired) electrons. The zero-order valence-electron chi connectivity index (χ0n) is 17.9. The van der Waals surface area contributed by atoms with Crippen molar-refractivity contribution in [3.8, 4) is 0 Å². The normalized spacial score (nSPS) is 56.1. The van der Waals surface area contributed by atoms with Crippen LogP contribution in [0.4, 0.5) is 0 Å². The van der Waals surface area contributed by atoms with Gasteiger partial charge < -0.3 is 15.3 Å². The van der Waals surface area contributed by atoms with Crippen molar-refractivity contribution in [2.75, 3.05) is 0 Å². The van der Waals surface area contributed by atoms with Gasteiger partial charge in [0.1, 0.15) is 0 Å². The van der Waals surface area contributed by atoms with Crippen molar-refractivity contribution < 1.29 is 15.3 Å². The van der Waals surface area contributed by atoms with Crippen LogP contribution in [0.15, 0.2) is 0 Å². The van der Waals surface area contributed by atoms with Crippen LogP contribution < -0.4 is 0 Å². The number of rotatable bonds is 3. The summed E-state index contributed by atoms with van der Waals surface area (Å²) in [5, 5.41) is 32.9. The zero-order chi connectivity index (χ0) is 19.6. The summed E-state index contributed by atoms with van der Waals surface area (Å²) in [6.45, 7) is 9.42. The molecule has 0 aromatic carbocycles. The van der Waals surface area contributed by atoms with Gasteiger partial charge >= 0.3 is 0 Å². The summed E-state index contributed by atoms with van der Waals surface area (Å²) >= 11 is 0. The second kappa shape index (κ2) is 6.99. The van der Waals surface area contributed by atoms with Crippen molar-refractivity contribution in [3.63, 3.8) is 0 Å². The van der Waals surface area contributed by atoms with Crippen LogP contribution in [0.1, 0.15) is 85.5 Å². The summed E-state index contributed by atoms with van der Waals surface area (Å²) in [4.78, 5) is 0. The van der Waals surface area contributed by atoms with E-state index in [-0.39, 0.29) is 29.1 Å². The molecule has 3 N–H and O–H groups in total. The molecule has 0 saturated heterocycles. The summed E-state index contributed by atoms with van der Waals surface area (Å²) < 4.78 is 0. The molecule has 11 atom stereocenters. The largest absolute Gasteiger partial charge is 0.393 e. The Morgan fingerprint density at radius 1 is 0.963 bits per heavy atom. The standard InChI is InChI=1S/C24H42O3/c1-5-6-14(2)17-7-8-18-22-19(13-21(27)24(17,18)4)23(3)10-9-16(25)11-15(23)12-20(22)26/h14-22,25-27H,5-13H2,1-4H3/t14-,15-,16-,17-,18+,19+,20-,21+,22+,23+,24-/m1/s1. The Morgan fingerprint density at radius 3 is 2.41 bits per heavy atom. The predicted molar refractivity (Wildman–Crippen MR) is 108 cm³/mol. The van der Waals surface area contributed by atoms with E-state index in [2.05, 4.69) is 27.7 Å². The van der Waals surface area contributed by atoms with E-state index < -0.39 is 0 Å². The number of hydrogen-bond acceptors (Lipinski definition) is 3. The lowest BCUT2D eigenvalue weighted by Gasteiger charge is -2.63. The maximum atomic E-state index is 11.5. The van der Waals surface area contributed by atoms with E-state index in [1.54, 1.807) is 0 Å². The first-order valence-corrected chi connectivity index (χ1v) is 11.8. The molecule has 3 nitrogen and oxygen atoms in total. The van der Waals surface area contributed by atoms with E-state index in [1.165, 1.54) is 25.7 Å². The molecule has 0 aromatic rings. The van der Waals surface area contributed by atoms with E-state index in [1.807, 2.05) is 0 Å². The maximum Gasteiger partial charge on any atom is 0.0602 e. The van der Waals surface area contributed by atoms with Crippen LogP contribution in [-0.2, 0) is 0 Å². The van der Waals surface area contributed by atoms with E-state index >= 15 is 0 Å². The first-order valence-electron chi connectivity index (χ1n) is 11.8. The summed E-state index contributed by atoms with van der Waals surface area (Å²) in [6.07, 6.45) is 8.64. The van der Waals surface area contributed by atoms with Gasteiger partial charge in [-0.25, -0.2) is 0 Å². The molecule has 4 fully saturated rings. The van der Waals surface area contributed by atoms with Crippen LogP contribution >= 0.6 is 0 Å². The number of aliphatic hydroxyl groups excluding tert-OH is 3. The Kier molecular flexibility index (Phi) is 5.22. The Hall–Kier alpha value is -0.120. The van der Waals surface area contributed by atoms with Gasteiger partial charge in [0.2, 0.25) is 0 Å². The van der Waals surface area contributed by atoms with Gasteiger partial charge in [-0.2, -0.15) is 0 Å². The fourth-order valence-corrected chi connectivity index (χ4v) is 8.79. The smallest absolute Gasteiger partial charge is 0.0602 e. The molecule has 0 aromatic heterocycles. The van der Waals surface area contributed by atoms with Crippen LogP contribution in [0.5, 0.6) is 0 Å². The summed E-state index contributed by atoms with van der Waals surface area (Å²) in [6, 6.07) is 0. The van der Waals surface area contributed by atoms with Crippen molar-refractivity contribution in [3.05, 3.63) is 0 Å². The maximum absolute atomic E-state index is 11.5. The van der Waals surface area contributed by atoms with E-state index in [0.717, 1.165) is 32.1 Å². The Labute approximate surface area is 165 Å². The van der Waals surface area contributed by atoms with E-state index in [0.29, 0.717) is 35.5 Å². The van der Waals surface area contributed by atoms with Crippen molar-refractivity contribution >= 4 is 0 Å². The summed E-state index contributed by atoms with van der Waals surface area (Å²) in [5.41, 5.74) is 0.146. The fraction of sp³-hybridized carbons (Fsp3) is 1.00. The quantitative estimate of drug-likeness (QED) is 0.683. The highest BCUT2D eigenvalue weighted by Gasteiger charge is 2.65. The second-order valence-electron chi connectivity index (χ2n) is 11.3. The lowest BCUT2D eigenvalue weighted by molar-refractivity contribution is -0.207. The minimum absolute atomic E-state index is 0.0336. The average Bonchev–Trinajstić information content (AvgIpc) is 2.96. The first kappa shape index (κ1) is 20.2. The van der Waals surface area contributed by atoms with Gasteiger partial charge in [0, 0.05) is 0 Å². The first-order chi connectivity index (χ1) is 12.7. The molecule has 156 valence electrons. The molecular weight excluding hydrogens is 336 g/mol. The molecule has 27 heavy (non-hydrogen) atoms. The van der Waals surface area contributed by atoms with Crippen molar-refractivity contribution in [2.24, 2.45) is 46.3 Å². The van der Waals surface area contributed by atoms with Gasteiger partial charge in [-0.05, 0) is 91.3 Å². The zero-order valence-corrected chi connectivity index (χ0v) is 17.9. The molecule has 4 aliphatic rings. The van der Waals surface area contributed by atoms with Gasteiger partial charge in [0.25, 0.3) is 0 Å². The van der Waals surface area contributed by atoms with Crippen molar-refractivity contribution in [1.82, 2.24) is 0 Å². The van der Waals surface area contributed by atoms with Crippen molar-refractivity contribution in [2.45, 2.75) is 104 Å². The minimum atomic E-state index is -0.254. The molecular formula is C24H42O3. The third-order valence-corrected chi connectivity index (χ3v) is 10.3. The number of fused-ring (bicyclic) bond motifs is 5. The topological polar surface area (TPSA) is 60.7 Å². The number of aliphatic hydroxyl groups is 3. The van der Waals surface area contributed by atoms with Crippen LogP contribution in [0.2, 0.25) is 0 Å². The molecule has 0 amide bonds. The Morgan fingerprint density at radius 2 is 1.70 bits per heavy atom. The van der Waals surface area contributed by atoms with E-state index in [9.17, 15) is 15.3 Å². The SMILES string of the molecule is CCC[C@@H](C)[C@H]1CC[C@H]2[C@@H]3[C@H](O)C[C@H]4C[C@H](O)CC[C@]4(C)[C@H]3C[C@H](O)[C@]12C. The third kappa shape index (κ3) is 2.86. The molecule has 4 rings (SSSR count). The van der Waals surface area contributed by atoms with Gasteiger partial charge in [-0.15, -0.1) is 0 Å². The third-order valence-electron chi connectivity index (χ3n) is 10.3. The molecule has 0 unspecified atom stereocenters. The Balaban J connectivity index is 1.66. The molecule has 0 heterocycles. The fourth-order valence-electron chi connectivity index (χ4n) is 8.79. The highest BCUT2D eigenvalue weighted by molar-refractivity contribution is 5.14. The van der Waals surface area contributed by atoms with Crippen LogP contribution in [0, 0.1) is 46.3 Å². The molecule has 0 spiro atoms. The lowest BCUT2D eigenvalue weighted by atomic mass is 9.43.